The highest BCUT2D eigenvalue weighted by Crippen LogP contribution is 2.21. The first kappa shape index (κ1) is 20.8. The Morgan fingerprint density at radius 2 is 1.89 bits per heavy atom. The van der Waals surface area contributed by atoms with Crippen molar-refractivity contribution in [3.05, 3.63) is 54.1 Å². The fraction of sp³-hybridized carbons (Fsp3) is 0.286. The van der Waals surface area contributed by atoms with Gasteiger partial charge in [0.05, 0.1) is 18.6 Å². The van der Waals surface area contributed by atoms with Gasteiger partial charge in [0.1, 0.15) is 5.75 Å². The third-order valence-electron chi connectivity index (χ3n) is 3.64. The molecule has 0 fully saturated rings. The number of carbonyl (C=O) groups is 2. The van der Waals surface area contributed by atoms with Crippen LogP contribution in [0.25, 0.3) is 0 Å². The first-order valence-electron chi connectivity index (χ1n) is 8.89. The van der Waals surface area contributed by atoms with E-state index in [-0.39, 0.29) is 24.8 Å². The quantitative estimate of drug-likeness (QED) is 0.770. The Morgan fingerprint density at radius 3 is 2.54 bits per heavy atom. The van der Waals surface area contributed by atoms with Crippen molar-refractivity contribution >= 4 is 23.6 Å². The van der Waals surface area contributed by atoms with E-state index in [1.807, 2.05) is 25.1 Å². The van der Waals surface area contributed by atoms with Gasteiger partial charge in [-0.15, -0.1) is 0 Å². The molecule has 0 radical (unpaired) electrons. The number of anilines is 2. The average Bonchev–Trinajstić information content (AvgIpc) is 2.63. The monoisotopic (exact) mass is 381 g/mol. The van der Waals surface area contributed by atoms with Crippen LogP contribution in [0.2, 0.25) is 0 Å². The lowest BCUT2D eigenvalue weighted by Gasteiger charge is -2.21. The SMILES string of the molecule is Cc1ccc(N(CCC#N)C(=O)Oc2cccc(NC(=O)OC(C)C)c2)cc1. The summed E-state index contributed by atoms with van der Waals surface area (Å²) in [5, 5.41) is 11.5. The van der Waals surface area contributed by atoms with Crippen LogP contribution in [-0.2, 0) is 4.74 Å². The molecule has 0 aliphatic rings. The standard InChI is InChI=1S/C21H23N3O4/c1-15(2)27-20(25)23-17-6-4-7-19(14-17)28-21(26)24(13-5-12-22)18-10-8-16(3)9-11-18/h4,6-11,14-15H,5,13H2,1-3H3,(H,23,25). The number of nitrogens with zero attached hydrogens (tertiary/aromatic N) is 2. The molecule has 0 saturated heterocycles. The lowest BCUT2D eigenvalue weighted by atomic mass is 10.2. The first-order valence-corrected chi connectivity index (χ1v) is 8.89. The zero-order valence-corrected chi connectivity index (χ0v) is 16.1. The molecule has 0 spiro atoms. The topological polar surface area (TPSA) is 91.7 Å². The number of amides is 2. The van der Waals surface area contributed by atoms with E-state index in [9.17, 15) is 9.59 Å². The summed E-state index contributed by atoms with van der Waals surface area (Å²) in [4.78, 5) is 25.8. The van der Waals surface area contributed by atoms with Crippen molar-refractivity contribution in [2.24, 2.45) is 0 Å². The van der Waals surface area contributed by atoms with Gasteiger partial charge in [0.25, 0.3) is 0 Å². The fourth-order valence-corrected chi connectivity index (χ4v) is 2.37. The molecule has 2 aromatic carbocycles. The molecule has 2 rings (SSSR count). The zero-order valence-electron chi connectivity index (χ0n) is 16.1. The van der Waals surface area contributed by atoms with Crippen molar-refractivity contribution in [1.29, 1.82) is 5.26 Å². The zero-order chi connectivity index (χ0) is 20.5. The predicted octanol–water partition coefficient (Wildman–Crippen LogP) is 4.87. The number of benzene rings is 2. The largest absolute Gasteiger partial charge is 0.447 e. The average molecular weight is 381 g/mol. The summed E-state index contributed by atoms with van der Waals surface area (Å²) in [5.41, 5.74) is 2.14. The molecule has 0 aromatic heterocycles. The molecule has 28 heavy (non-hydrogen) atoms. The van der Waals surface area contributed by atoms with E-state index in [0.29, 0.717) is 11.4 Å². The van der Waals surface area contributed by atoms with Gasteiger partial charge in [-0.05, 0) is 45.0 Å². The Labute approximate surface area is 164 Å². The number of hydrogen-bond donors (Lipinski definition) is 1. The molecule has 2 amide bonds. The third kappa shape index (κ3) is 6.32. The van der Waals surface area contributed by atoms with E-state index in [2.05, 4.69) is 5.32 Å². The summed E-state index contributed by atoms with van der Waals surface area (Å²) in [6, 6.07) is 15.8. The van der Waals surface area contributed by atoms with Crippen LogP contribution in [0.1, 0.15) is 25.8 Å². The molecule has 0 heterocycles. The number of aryl methyl sites for hydroxylation is 1. The summed E-state index contributed by atoms with van der Waals surface area (Å²) in [6.07, 6.45) is -1.27. The van der Waals surface area contributed by atoms with Gasteiger partial charge in [-0.25, -0.2) is 9.59 Å². The van der Waals surface area contributed by atoms with Crippen LogP contribution in [-0.4, -0.2) is 24.8 Å². The summed E-state index contributed by atoms with van der Waals surface area (Å²) < 4.78 is 10.5. The van der Waals surface area contributed by atoms with Gasteiger partial charge >= 0.3 is 12.2 Å². The van der Waals surface area contributed by atoms with E-state index in [4.69, 9.17) is 14.7 Å². The highest BCUT2D eigenvalue weighted by Gasteiger charge is 2.18. The molecule has 1 N–H and O–H groups in total. The Bertz CT molecular complexity index is 857. The molecule has 7 nitrogen and oxygen atoms in total. The van der Waals surface area contributed by atoms with Crippen LogP contribution in [0.4, 0.5) is 21.0 Å². The van der Waals surface area contributed by atoms with Crippen LogP contribution in [0, 0.1) is 18.3 Å². The van der Waals surface area contributed by atoms with Crippen molar-refractivity contribution < 1.29 is 19.1 Å². The van der Waals surface area contributed by atoms with Crippen molar-refractivity contribution in [2.75, 3.05) is 16.8 Å². The maximum Gasteiger partial charge on any atom is 0.419 e. The van der Waals surface area contributed by atoms with Crippen LogP contribution in [0.5, 0.6) is 5.75 Å². The molecule has 0 aliphatic carbocycles. The number of rotatable bonds is 6. The summed E-state index contributed by atoms with van der Waals surface area (Å²) >= 11 is 0. The fourth-order valence-electron chi connectivity index (χ4n) is 2.37. The highest BCUT2D eigenvalue weighted by atomic mass is 16.6. The maximum absolute atomic E-state index is 12.7. The Kier molecular flexibility index (Phi) is 7.40. The van der Waals surface area contributed by atoms with Gasteiger partial charge in [0.2, 0.25) is 0 Å². The summed E-state index contributed by atoms with van der Waals surface area (Å²) in [5.74, 6) is 0.265. The van der Waals surface area contributed by atoms with Crippen molar-refractivity contribution in [3.8, 4) is 11.8 Å². The molecule has 0 aliphatic heterocycles. The molecule has 0 saturated carbocycles. The van der Waals surface area contributed by atoms with E-state index in [1.54, 1.807) is 44.2 Å². The van der Waals surface area contributed by atoms with Crippen molar-refractivity contribution in [1.82, 2.24) is 0 Å². The van der Waals surface area contributed by atoms with Crippen molar-refractivity contribution in [3.63, 3.8) is 0 Å². The van der Waals surface area contributed by atoms with E-state index < -0.39 is 12.2 Å². The number of nitriles is 1. The second kappa shape index (κ2) is 9.97. The Balaban J connectivity index is 2.12. The van der Waals surface area contributed by atoms with E-state index in [1.165, 1.54) is 11.0 Å². The minimum atomic E-state index is -0.610. The molecule has 2 aromatic rings. The number of nitrogens with one attached hydrogen (secondary N) is 1. The Hall–Kier alpha value is -3.53. The minimum absolute atomic E-state index is 0.172. The van der Waals surface area contributed by atoms with E-state index >= 15 is 0 Å². The molecular formula is C21H23N3O4. The van der Waals surface area contributed by atoms with Gasteiger partial charge in [-0.1, -0.05) is 23.8 Å². The van der Waals surface area contributed by atoms with Crippen LogP contribution in [0.3, 0.4) is 0 Å². The van der Waals surface area contributed by atoms with Gasteiger partial charge in [0, 0.05) is 24.0 Å². The van der Waals surface area contributed by atoms with Crippen LogP contribution >= 0.6 is 0 Å². The predicted molar refractivity (Wildman–Crippen MR) is 106 cm³/mol. The number of ether oxygens (including phenoxy) is 2. The summed E-state index contributed by atoms with van der Waals surface area (Å²) in [6.45, 7) is 5.65. The minimum Gasteiger partial charge on any atom is -0.447 e. The van der Waals surface area contributed by atoms with Crippen LogP contribution < -0.4 is 15.0 Å². The van der Waals surface area contributed by atoms with Gasteiger partial charge in [-0.2, -0.15) is 5.26 Å². The normalized spacial score (nSPS) is 10.1. The highest BCUT2D eigenvalue weighted by molar-refractivity contribution is 5.90. The lowest BCUT2D eigenvalue weighted by Crippen LogP contribution is -2.34. The number of carbonyl (C=O) groups excluding carboxylic acids is 2. The van der Waals surface area contributed by atoms with Gasteiger partial charge in [0.15, 0.2) is 0 Å². The first-order chi connectivity index (χ1) is 13.4. The second-order valence-electron chi connectivity index (χ2n) is 6.37. The van der Waals surface area contributed by atoms with Gasteiger partial charge < -0.3 is 9.47 Å². The molecule has 0 unspecified atom stereocenters. The Morgan fingerprint density at radius 1 is 1.18 bits per heavy atom. The van der Waals surface area contributed by atoms with Crippen LogP contribution in [0.15, 0.2) is 48.5 Å². The smallest absolute Gasteiger partial charge is 0.419 e. The van der Waals surface area contributed by atoms with E-state index in [0.717, 1.165) is 5.56 Å². The maximum atomic E-state index is 12.7. The second-order valence-corrected chi connectivity index (χ2v) is 6.37. The molecule has 0 bridgehead atoms. The van der Waals surface area contributed by atoms with Crippen molar-refractivity contribution in [2.45, 2.75) is 33.3 Å². The molecule has 146 valence electrons. The number of hydrogen-bond acceptors (Lipinski definition) is 5. The lowest BCUT2D eigenvalue weighted by molar-refractivity contribution is 0.130. The molecule has 7 heteroatoms. The molecular weight excluding hydrogens is 358 g/mol. The summed E-state index contributed by atoms with van der Waals surface area (Å²) in [7, 11) is 0. The molecule has 0 atom stereocenters. The third-order valence-corrected chi connectivity index (χ3v) is 3.64. The van der Waals surface area contributed by atoms with Gasteiger partial charge in [-0.3, -0.25) is 10.2 Å².